The maximum Gasteiger partial charge on any atom is 0.243 e. The molecule has 1 fully saturated rings. The molecule has 2 aromatic carbocycles. The van der Waals surface area contributed by atoms with E-state index in [1.807, 2.05) is 6.92 Å². The first kappa shape index (κ1) is 20.5. The summed E-state index contributed by atoms with van der Waals surface area (Å²) in [5, 5.41) is 4.60. The molecule has 1 aliphatic rings. The number of amides is 1. The summed E-state index contributed by atoms with van der Waals surface area (Å²) in [7, 11) is -3.52. The van der Waals surface area contributed by atoms with Gasteiger partial charge in [-0.15, -0.1) is 0 Å². The lowest BCUT2D eigenvalue weighted by atomic mass is 9.98. The molecule has 28 heavy (non-hydrogen) atoms. The van der Waals surface area contributed by atoms with Crippen LogP contribution in [0.15, 0.2) is 58.5 Å². The third-order valence-electron chi connectivity index (χ3n) is 4.74. The third-order valence-corrected chi connectivity index (χ3v) is 6.91. The first-order chi connectivity index (χ1) is 13.4. The van der Waals surface area contributed by atoms with Crippen molar-refractivity contribution >= 4 is 33.7 Å². The van der Waals surface area contributed by atoms with Crippen LogP contribution >= 0.6 is 11.6 Å². The van der Waals surface area contributed by atoms with E-state index in [2.05, 4.69) is 10.5 Å². The number of rotatable bonds is 5. The Kier molecular flexibility index (Phi) is 6.49. The van der Waals surface area contributed by atoms with Crippen molar-refractivity contribution in [3.8, 4) is 0 Å². The minimum absolute atomic E-state index is 0.197. The lowest BCUT2D eigenvalue weighted by molar-refractivity contribution is -0.126. The molecule has 1 aliphatic heterocycles. The van der Waals surface area contributed by atoms with Crippen LogP contribution in [-0.4, -0.2) is 37.9 Å². The number of sulfonamides is 1. The van der Waals surface area contributed by atoms with Crippen molar-refractivity contribution in [1.82, 2.24) is 9.73 Å². The van der Waals surface area contributed by atoms with E-state index in [1.165, 1.54) is 4.31 Å². The average molecular weight is 420 g/mol. The molecule has 0 unspecified atom stereocenters. The second-order valence-electron chi connectivity index (χ2n) is 6.78. The Bertz CT molecular complexity index is 949. The van der Waals surface area contributed by atoms with Gasteiger partial charge < -0.3 is 0 Å². The fourth-order valence-corrected chi connectivity index (χ4v) is 4.62. The molecule has 1 heterocycles. The molecule has 1 saturated heterocycles. The number of nitrogens with one attached hydrogen (secondary N) is 1. The summed E-state index contributed by atoms with van der Waals surface area (Å²) < 4.78 is 26.9. The molecule has 148 valence electrons. The van der Waals surface area contributed by atoms with E-state index in [0.29, 0.717) is 31.0 Å². The van der Waals surface area contributed by atoms with Gasteiger partial charge in [-0.2, -0.15) is 9.41 Å². The van der Waals surface area contributed by atoms with Crippen LogP contribution in [0.5, 0.6) is 0 Å². The van der Waals surface area contributed by atoms with Crippen LogP contribution in [0.1, 0.15) is 24.0 Å². The number of aryl methyl sites for hydroxylation is 1. The second kappa shape index (κ2) is 8.86. The van der Waals surface area contributed by atoms with Crippen molar-refractivity contribution in [2.75, 3.05) is 13.1 Å². The lowest BCUT2D eigenvalue weighted by Gasteiger charge is -2.30. The zero-order valence-electron chi connectivity index (χ0n) is 15.5. The molecule has 8 heteroatoms. The molecule has 2 aromatic rings. The average Bonchev–Trinajstić information content (AvgIpc) is 2.70. The van der Waals surface area contributed by atoms with Crippen molar-refractivity contribution in [2.24, 2.45) is 11.0 Å². The molecular weight excluding hydrogens is 398 g/mol. The first-order valence-electron chi connectivity index (χ1n) is 9.01. The molecule has 0 radical (unpaired) electrons. The number of hydrogen-bond donors (Lipinski definition) is 1. The Morgan fingerprint density at radius 3 is 2.32 bits per heavy atom. The smallest absolute Gasteiger partial charge is 0.243 e. The van der Waals surface area contributed by atoms with Crippen molar-refractivity contribution in [3.05, 3.63) is 64.7 Å². The van der Waals surface area contributed by atoms with E-state index < -0.39 is 10.0 Å². The standard InChI is InChI=1S/C20H22ClN3O3S/c1-15-2-8-19(9-3-15)28(26,27)24-12-10-17(11-13-24)20(25)23-22-14-16-4-6-18(21)7-5-16/h2-9,14,17H,10-13H2,1H3,(H,23,25)/b22-14-. The van der Waals surface area contributed by atoms with Gasteiger partial charge in [0.15, 0.2) is 0 Å². The minimum atomic E-state index is -3.52. The van der Waals surface area contributed by atoms with Gasteiger partial charge in [0.2, 0.25) is 15.9 Å². The van der Waals surface area contributed by atoms with Gasteiger partial charge >= 0.3 is 0 Å². The van der Waals surface area contributed by atoms with Crippen molar-refractivity contribution < 1.29 is 13.2 Å². The quantitative estimate of drug-likeness (QED) is 0.597. The van der Waals surface area contributed by atoms with Gasteiger partial charge in [-0.25, -0.2) is 13.8 Å². The normalized spacial score (nSPS) is 16.4. The summed E-state index contributed by atoms with van der Waals surface area (Å²) in [6.07, 6.45) is 2.48. The highest BCUT2D eigenvalue weighted by molar-refractivity contribution is 7.89. The van der Waals surface area contributed by atoms with Crippen molar-refractivity contribution in [3.63, 3.8) is 0 Å². The number of carbonyl (C=O) groups is 1. The topological polar surface area (TPSA) is 78.8 Å². The van der Waals surface area contributed by atoms with Gasteiger partial charge in [-0.05, 0) is 49.6 Å². The molecule has 1 N–H and O–H groups in total. The molecule has 0 aliphatic carbocycles. The number of carbonyl (C=O) groups excluding carboxylic acids is 1. The molecule has 0 spiro atoms. The molecule has 3 rings (SSSR count). The van der Waals surface area contributed by atoms with Gasteiger partial charge in [-0.3, -0.25) is 4.79 Å². The van der Waals surface area contributed by atoms with Gasteiger partial charge in [-0.1, -0.05) is 41.4 Å². The number of nitrogens with zero attached hydrogens (tertiary/aromatic N) is 2. The second-order valence-corrected chi connectivity index (χ2v) is 9.15. The van der Waals surface area contributed by atoms with Crippen LogP contribution in [-0.2, 0) is 14.8 Å². The number of piperidine rings is 1. The van der Waals surface area contributed by atoms with E-state index in [4.69, 9.17) is 11.6 Å². The number of halogens is 1. The fraction of sp³-hybridized carbons (Fsp3) is 0.300. The van der Waals surface area contributed by atoms with E-state index in [0.717, 1.165) is 11.1 Å². The van der Waals surface area contributed by atoms with Crippen molar-refractivity contribution in [1.29, 1.82) is 0 Å². The van der Waals surface area contributed by atoms with Gasteiger partial charge in [0.25, 0.3) is 0 Å². The van der Waals surface area contributed by atoms with Crippen LogP contribution in [0.2, 0.25) is 5.02 Å². The van der Waals surface area contributed by atoms with Gasteiger partial charge in [0.05, 0.1) is 11.1 Å². The molecule has 1 amide bonds. The lowest BCUT2D eigenvalue weighted by Crippen LogP contribution is -2.42. The minimum Gasteiger partial charge on any atom is -0.273 e. The largest absolute Gasteiger partial charge is 0.273 e. The maximum atomic E-state index is 12.7. The molecule has 0 bridgehead atoms. The Balaban J connectivity index is 1.53. The molecule has 6 nitrogen and oxygen atoms in total. The zero-order chi connectivity index (χ0) is 20.1. The van der Waals surface area contributed by atoms with Crippen molar-refractivity contribution in [2.45, 2.75) is 24.7 Å². The highest BCUT2D eigenvalue weighted by Crippen LogP contribution is 2.24. The van der Waals surface area contributed by atoms with E-state index in [-0.39, 0.29) is 16.7 Å². The Morgan fingerprint density at radius 2 is 1.71 bits per heavy atom. The predicted octanol–water partition coefficient (Wildman–Crippen LogP) is 3.20. The fourth-order valence-electron chi connectivity index (χ4n) is 3.03. The summed E-state index contributed by atoms with van der Waals surface area (Å²) in [6, 6.07) is 13.9. The van der Waals surface area contributed by atoms with Crippen LogP contribution < -0.4 is 5.43 Å². The number of benzene rings is 2. The van der Waals surface area contributed by atoms with Gasteiger partial charge in [0.1, 0.15) is 0 Å². The van der Waals surface area contributed by atoms with Crippen LogP contribution in [0.4, 0.5) is 0 Å². The van der Waals surface area contributed by atoms with Crippen LogP contribution in [0.3, 0.4) is 0 Å². The Morgan fingerprint density at radius 1 is 1.11 bits per heavy atom. The molecule has 0 atom stereocenters. The van der Waals surface area contributed by atoms with E-state index in [1.54, 1.807) is 54.7 Å². The molecule has 0 saturated carbocycles. The zero-order valence-corrected chi connectivity index (χ0v) is 17.1. The Labute approximate surface area is 170 Å². The van der Waals surface area contributed by atoms with E-state index >= 15 is 0 Å². The SMILES string of the molecule is Cc1ccc(S(=O)(=O)N2CCC(C(=O)N/N=C\c3ccc(Cl)cc3)CC2)cc1. The summed E-state index contributed by atoms with van der Waals surface area (Å²) in [4.78, 5) is 12.6. The highest BCUT2D eigenvalue weighted by Gasteiger charge is 2.31. The summed E-state index contributed by atoms with van der Waals surface area (Å²) in [6.45, 7) is 2.54. The maximum absolute atomic E-state index is 12.7. The summed E-state index contributed by atoms with van der Waals surface area (Å²) in [5.41, 5.74) is 4.37. The van der Waals surface area contributed by atoms with E-state index in [9.17, 15) is 13.2 Å². The third kappa shape index (κ3) is 4.98. The molecular formula is C20H22ClN3O3S. The summed E-state index contributed by atoms with van der Waals surface area (Å²) >= 11 is 5.83. The van der Waals surface area contributed by atoms with Crippen LogP contribution in [0.25, 0.3) is 0 Å². The first-order valence-corrected chi connectivity index (χ1v) is 10.8. The monoisotopic (exact) mass is 419 g/mol. The Hall–Kier alpha value is -2.22. The van der Waals surface area contributed by atoms with Gasteiger partial charge in [0, 0.05) is 24.0 Å². The highest BCUT2D eigenvalue weighted by atomic mass is 35.5. The summed E-state index contributed by atoms with van der Waals surface area (Å²) in [5.74, 6) is -0.454. The number of hydrazone groups is 1. The predicted molar refractivity (Wildman–Crippen MR) is 110 cm³/mol. The number of hydrogen-bond acceptors (Lipinski definition) is 4. The van der Waals surface area contributed by atoms with Crippen LogP contribution in [0, 0.1) is 12.8 Å². The molecule has 0 aromatic heterocycles.